The van der Waals surface area contributed by atoms with Gasteiger partial charge < -0.3 is 4.90 Å². The Morgan fingerprint density at radius 1 is 1.38 bits per heavy atom. The van der Waals surface area contributed by atoms with Crippen LogP contribution in [0.4, 0.5) is 0 Å². The Morgan fingerprint density at radius 2 is 2.14 bits per heavy atom. The minimum atomic E-state index is 0.0585. The van der Waals surface area contributed by atoms with Crippen molar-refractivity contribution in [2.45, 2.75) is 25.8 Å². The number of fused-ring (bicyclic) bond motifs is 1. The van der Waals surface area contributed by atoms with Crippen molar-refractivity contribution in [3.63, 3.8) is 0 Å². The molecule has 1 aliphatic rings. The van der Waals surface area contributed by atoms with Gasteiger partial charge in [-0.3, -0.25) is 4.79 Å². The van der Waals surface area contributed by atoms with Gasteiger partial charge in [0.25, 0.3) is 5.91 Å². The second-order valence-electron chi connectivity index (χ2n) is 5.16. The van der Waals surface area contributed by atoms with Crippen molar-refractivity contribution in [3.8, 4) is 6.07 Å². The molecule has 1 atom stereocenters. The molecule has 0 N–H and O–H groups in total. The fourth-order valence-electron chi connectivity index (χ4n) is 2.93. The van der Waals surface area contributed by atoms with E-state index in [1.165, 1.54) is 10.4 Å². The summed E-state index contributed by atoms with van der Waals surface area (Å²) in [6, 6.07) is 11.3. The molecule has 0 aliphatic carbocycles. The van der Waals surface area contributed by atoms with Crippen LogP contribution in [0.3, 0.4) is 0 Å². The van der Waals surface area contributed by atoms with Crippen LogP contribution in [0.15, 0.2) is 35.7 Å². The van der Waals surface area contributed by atoms with Crippen molar-refractivity contribution < 1.29 is 4.79 Å². The number of hydrogen-bond acceptors (Lipinski definition) is 3. The summed E-state index contributed by atoms with van der Waals surface area (Å²) in [5, 5.41) is 11.0. The Hall–Kier alpha value is -2.12. The molecule has 0 saturated carbocycles. The summed E-state index contributed by atoms with van der Waals surface area (Å²) in [5.74, 6) is 0.0585. The highest BCUT2D eigenvalue weighted by atomic mass is 32.1. The molecule has 3 nitrogen and oxygen atoms in total. The zero-order valence-corrected chi connectivity index (χ0v) is 12.7. The second kappa shape index (κ2) is 5.71. The fraction of sp³-hybridized carbons (Fsp3) is 0.294. The van der Waals surface area contributed by atoms with E-state index < -0.39 is 0 Å². The van der Waals surface area contributed by atoms with Gasteiger partial charge >= 0.3 is 0 Å². The highest BCUT2D eigenvalue weighted by Crippen LogP contribution is 2.35. The predicted octanol–water partition coefficient (Wildman–Crippen LogP) is 3.77. The number of carbonyl (C=O) groups excluding carboxylic acids is 1. The Labute approximate surface area is 128 Å². The van der Waals surface area contributed by atoms with Gasteiger partial charge in [0.05, 0.1) is 17.7 Å². The van der Waals surface area contributed by atoms with Crippen LogP contribution in [-0.4, -0.2) is 17.4 Å². The van der Waals surface area contributed by atoms with Gasteiger partial charge in [0.15, 0.2) is 0 Å². The maximum absolute atomic E-state index is 12.7. The Balaban J connectivity index is 1.89. The first-order valence-corrected chi connectivity index (χ1v) is 8.00. The van der Waals surface area contributed by atoms with Gasteiger partial charge in [0.1, 0.15) is 0 Å². The van der Waals surface area contributed by atoms with Crippen LogP contribution in [0.5, 0.6) is 0 Å². The minimum absolute atomic E-state index is 0.0585. The van der Waals surface area contributed by atoms with Crippen LogP contribution in [-0.2, 0) is 6.42 Å². The van der Waals surface area contributed by atoms with Gasteiger partial charge in [-0.25, -0.2) is 0 Å². The van der Waals surface area contributed by atoms with E-state index in [0.717, 1.165) is 19.4 Å². The lowest BCUT2D eigenvalue weighted by atomic mass is 9.96. The molecule has 2 aromatic rings. The topological polar surface area (TPSA) is 44.1 Å². The molecule has 0 radical (unpaired) electrons. The third kappa shape index (κ3) is 2.45. The second-order valence-corrected chi connectivity index (χ2v) is 6.16. The molecule has 1 aliphatic heterocycles. The van der Waals surface area contributed by atoms with E-state index in [0.29, 0.717) is 11.1 Å². The lowest BCUT2D eigenvalue weighted by Crippen LogP contribution is -2.39. The fourth-order valence-corrected chi connectivity index (χ4v) is 3.86. The third-order valence-electron chi connectivity index (χ3n) is 4.00. The van der Waals surface area contributed by atoms with E-state index in [4.69, 9.17) is 5.26 Å². The van der Waals surface area contributed by atoms with Crippen LogP contribution in [0.2, 0.25) is 0 Å². The van der Waals surface area contributed by atoms with Crippen LogP contribution >= 0.6 is 11.3 Å². The van der Waals surface area contributed by atoms with Crippen molar-refractivity contribution in [3.05, 3.63) is 57.3 Å². The summed E-state index contributed by atoms with van der Waals surface area (Å²) in [6.07, 6.45) is 1.86. The smallest absolute Gasteiger partial charge is 0.254 e. The molecule has 0 saturated heterocycles. The average Bonchev–Trinajstić information content (AvgIpc) is 3.02. The molecule has 1 amide bonds. The summed E-state index contributed by atoms with van der Waals surface area (Å²) < 4.78 is 0. The van der Waals surface area contributed by atoms with Crippen molar-refractivity contribution in [2.75, 3.05) is 6.54 Å². The van der Waals surface area contributed by atoms with Crippen molar-refractivity contribution in [1.82, 2.24) is 4.90 Å². The van der Waals surface area contributed by atoms with Crippen LogP contribution in [0, 0.1) is 11.3 Å². The Morgan fingerprint density at radius 3 is 2.81 bits per heavy atom. The van der Waals surface area contributed by atoms with Crippen LogP contribution in [0.1, 0.15) is 45.7 Å². The van der Waals surface area contributed by atoms with E-state index in [9.17, 15) is 4.79 Å². The summed E-state index contributed by atoms with van der Waals surface area (Å²) >= 11 is 1.78. The van der Waals surface area contributed by atoms with Crippen molar-refractivity contribution in [1.29, 1.82) is 5.26 Å². The van der Waals surface area contributed by atoms with E-state index in [1.54, 1.807) is 35.6 Å². The molecule has 106 valence electrons. The first-order valence-electron chi connectivity index (χ1n) is 7.12. The van der Waals surface area contributed by atoms with Crippen molar-refractivity contribution in [2.24, 2.45) is 0 Å². The summed E-state index contributed by atoms with van der Waals surface area (Å²) in [5.41, 5.74) is 2.54. The average molecular weight is 296 g/mol. The normalized spacial score (nSPS) is 17.1. The maximum atomic E-state index is 12.7. The van der Waals surface area contributed by atoms with E-state index in [2.05, 4.69) is 24.4 Å². The molecule has 0 fully saturated rings. The number of hydrogen-bond donors (Lipinski definition) is 0. The van der Waals surface area contributed by atoms with Crippen LogP contribution < -0.4 is 0 Å². The molecule has 1 aromatic carbocycles. The molecule has 0 bridgehead atoms. The van der Waals surface area contributed by atoms with E-state index in [1.807, 2.05) is 4.90 Å². The monoisotopic (exact) mass is 296 g/mol. The summed E-state index contributed by atoms with van der Waals surface area (Å²) in [6.45, 7) is 2.89. The number of nitrogens with zero attached hydrogens (tertiary/aromatic N) is 2. The van der Waals surface area contributed by atoms with Gasteiger partial charge in [-0.1, -0.05) is 6.92 Å². The number of nitriles is 1. The lowest BCUT2D eigenvalue weighted by Gasteiger charge is -2.35. The molecule has 3 rings (SSSR count). The first-order chi connectivity index (χ1) is 10.2. The van der Waals surface area contributed by atoms with E-state index in [-0.39, 0.29) is 11.9 Å². The number of rotatable bonds is 2. The van der Waals surface area contributed by atoms with Gasteiger partial charge in [-0.15, -0.1) is 11.3 Å². The molecule has 1 unspecified atom stereocenters. The number of amides is 1. The first kappa shape index (κ1) is 13.8. The highest BCUT2D eigenvalue weighted by molar-refractivity contribution is 7.10. The van der Waals surface area contributed by atoms with Gasteiger partial charge in [-0.05, 0) is 54.1 Å². The number of benzene rings is 1. The molecule has 4 heteroatoms. The molecule has 1 aromatic heterocycles. The van der Waals surface area contributed by atoms with Gasteiger partial charge in [-0.2, -0.15) is 5.26 Å². The zero-order chi connectivity index (χ0) is 14.8. The lowest BCUT2D eigenvalue weighted by molar-refractivity contribution is 0.0657. The quantitative estimate of drug-likeness (QED) is 0.846. The third-order valence-corrected chi connectivity index (χ3v) is 5.00. The standard InChI is InChI=1S/C17H16N2OS/c1-2-15-14-8-10-21-16(14)7-9-19(15)17(20)13-5-3-12(11-18)4-6-13/h3-6,8,10,15H,2,7,9H2,1H3. The summed E-state index contributed by atoms with van der Waals surface area (Å²) in [4.78, 5) is 16.1. The number of thiophene rings is 1. The molecule has 2 heterocycles. The maximum Gasteiger partial charge on any atom is 0.254 e. The van der Waals surface area contributed by atoms with Crippen molar-refractivity contribution >= 4 is 17.2 Å². The van der Waals surface area contributed by atoms with Gasteiger partial charge in [0.2, 0.25) is 0 Å². The molecule has 0 spiro atoms. The Kier molecular flexibility index (Phi) is 3.76. The SMILES string of the molecule is CCC1c2ccsc2CCN1C(=O)c1ccc(C#N)cc1. The van der Waals surface area contributed by atoms with Gasteiger partial charge in [0, 0.05) is 17.0 Å². The molecular weight excluding hydrogens is 280 g/mol. The molecular formula is C17H16N2OS. The predicted molar refractivity (Wildman–Crippen MR) is 83.2 cm³/mol. The number of carbonyl (C=O) groups is 1. The highest BCUT2D eigenvalue weighted by Gasteiger charge is 2.30. The zero-order valence-electron chi connectivity index (χ0n) is 11.9. The minimum Gasteiger partial charge on any atom is -0.331 e. The van der Waals surface area contributed by atoms with E-state index >= 15 is 0 Å². The molecule has 21 heavy (non-hydrogen) atoms. The largest absolute Gasteiger partial charge is 0.331 e. The summed E-state index contributed by atoms with van der Waals surface area (Å²) in [7, 11) is 0. The Bertz CT molecular complexity index is 696. The van der Waals surface area contributed by atoms with Crippen LogP contribution in [0.25, 0.3) is 0 Å².